The molecule has 6 aromatic rings. The Kier molecular flexibility index (Phi) is 6.33. The summed E-state index contributed by atoms with van der Waals surface area (Å²) in [7, 11) is 0. The molecule has 1 aliphatic rings. The summed E-state index contributed by atoms with van der Waals surface area (Å²) in [5, 5.41) is 21.8. The molecule has 0 atom stereocenters. The van der Waals surface area contributed by atoms with E-state index in [2.05, 4.69) is 69.9 Å². The molecule has 0 saturated carbocycles. The monoisotopic (exact) mass is 624 g/mol. The van der Waals surface area contributed by atoms with Gasteiger partial charge < -0.3 is 9.69 Å². The number of thiophene rings is 4. The van der Waals surface area contributed by atoms with Gasteiger partial charge in [0.15, 0.2) is 0 Å². The molecule has 0 saturated heterocycles. The van der Waals surface area contributed by atoms with E-state index in [4.69, 9.17) is 23.7 Å². The average Bonchev–Trinajstić information content (AvgIpc) is 3.83. The van der Waals surface area contributed by atoms with Crippen LogP contribution in [0.25, 0.3) is 60.5 Å². The van der Waals surface area contributed by atoms with Gasteiger partial charge >= 0.3 is 11.7 Å². The van der Waals surface area contributed by atoms with E-state index < -0.39 is 0 Å². The Morgan fingerprint density at radius 3 is 1.49 bits per heavy atom. The number of nitrogens with zero attached hydrogens (tertiary/aromatic N) is 6. The molecule has 0 unspecified atom stereocenters. The lowest BCUT2D eigenvalue weighted by Crippen LogP contribution is -2.14. The molecule has 202 valence electrons. The molecule has 7 rings (SSSR count). The van der Waals surface area contributed by atoms with Crippen LogP contribution in [0.4, 0.5) is 10.0 Å². The summed E-state index contributed by atoms with van der Waals surface area (Å²) in [6, 6.07) is 25.1. The summed E-state index contributed by atoms with van der Waals surface area (Å²) < 4.78 is 2.43. The summed E-state index contributed by atoms with van der Waals surface area (Å²) >= 11 is 6.44. The lowest BCUT2D eigenvalue weighted by atomic mass is 9.82. The molecule has 10 heteroatoms. The first-order valence-electron chi connectivity index (χ1n) is 12.9. The molecule has 0 radical (unpaired) electrons. The Bertz CT molecular complexity index is 2180. The smallest absolute Gasteiger partial charge is 0.350 e. The van der Waals surface area contributed by atoms with Gasteiger partial charge in [0.05, 0.1) is 0 Å². The zero-order chi connectivity index (χ0) is 29.9. The molecule has 43 heavy (non-hydrogen) atoms. The number of aliphatic imine (C=N–C) groups is 2. The minimum atomic E-state index is -0.159. The molecule has 2 aromatic carbocycles. The van der Waals surface area contributed by atoms with Gasteiger partial charge in [0.25, 0.3) is 0 Å². The molecular formula is C33H16N6S4. The van der Waals surface area contributed by atoms with E-state index >= 15 is 0 Å². The quantitative estimate of drug-likeness (QED) is 0.111. The van der Waals surface area contributed by atoms with Gasteiger partial charge in [0.2, 0.25) is 10.0 Å². The van der Waals surface area contributed by atoms with E-state index in [-0.39, 0.29) is 17.1 Å². The predicted octanol–water partition coefficient (Wildman–Crippen LogP) is 10.8. The highest BCUT2D eigenvalue weighted by Crippen LogP contribution is 2.53. The largest absolute Gasteiger partial charge is 0.351 e. The van der Waals surface area contributed by atoms with Crippen molar-refractivity contribution in [2.75, 3.05) is 0 Å². The average molecular weight is 625 g/mol. The standard InChI is InChI=1S/C33H16N6S4/c1-33(2)21-9-17-11-27(23-5-7-31(42-23)38-29(15-34)36-3)40-25(17)13-19(21)20-14-26-18(10-22(20)33)12-28(41-26)24-6-8-32(43-24)39-30(16-35)37-4/h5-14H,1-2H3. The van der Waals surface area contributed by atoms with Gasteiger partial charge in [-0.1, -0.05) is 59.7 Å². The summed E-state index contributed by atoms with van der Waals surface area (Å²) in [5.74, 6) is -0.316. The maximum absolute atomic E-state index is 9.05. The first-order chi connectivity index (χ1) is 20.8. The minimum absolute atomic E-state index is 0.158. The Morgan fingerprint density at radius 2 is 1.09 bits per heavy atom. The van der Waals surface area contributed by atoms with Crippen molar-refractivity contribution in [1.82, 2.24) is 0 Å². The van der Waals surface area contributed by atoms with Crippen LogP contribution in [0.3, 0.4) is 0 Å². The first-order valence-corrected chi connectivity index (χ1v) is 16.2. The van der Waals surface area contributed by atoms with Crippen LogP contribution in [0.5, 0.6) is 0 Å². The lowest BCUT2D eigenvalue weighted by molar-refractivity contribution is 0.662. The summed E-state index contributed by atoms with van der Waals surface area (Å²) in [4.78, 5) is 19.0. The van der Waals surface area contributed by atoms with Gasteiger partial charge in [-0.3, -0.25) is 0 Å². The molecule has 0 N–H and O–H groups in total. The first kappa shape index (κ1) is 26.9. The Morgan fingerprint density at radius 1 is 0.651 bits per heavy atom. The molecule has 0 amide bonds. The minimum Gasteiger partial charge on any atom is -0.351 e. The fraction of sp³-hybridized carbons (Fsp3) is 0.0909. The van der Waals surface area contributed by atoms with Gasteiger partial charge in [-0.05, 0) is 93.7 Å². The van der Waals surface area contributed by atoms with Crippen molar-refractivity contribution in [3.05, 3.63) is 94.6 Å². The number of hydrogen-bond donors (Lipinski definition) is 0. The van der Waals surface area contributed by atoms with Crippen LogP contribution >= 0.6 is 45.3 Å². The Balaban J connectivity index is 1.28. The van der Waals surface area contributed by atoms with Crippen LogP contribution in [-0.2, 0) is 5.41 Å². The molecule has 4 aromatic heterocycles. The Hall–Kier alpha value is -4.94. The van der Waals surface area contributed by atoms with Crippen LogP contribution in [-0.4, -0.2) is 11.7 Å². The molecule has 0 fully saturated rings. The van der Waals surface area contributed by atoms with Crippen LogP contribution in [0.1, 0.15) is 25.0 Å². The molecule has 0 bridgehead atoms. The van der Waals surface area contributed by atoms with Crippen molar-refractivity contribution in [2.45, 2.75) is 19.3 Å². The van der Waals surface area contributed by atoms with E-state index in [9.17, 15) is 0 Å². The highest BCUT2D eigenvalue weighted by Gasteiger charge is 2.36. The van der Waals surface area contributed by atoms with Crippen LogP contribution in [0, 0.1) is 35.8 Å². The number of rotatable bonds is 4. The van der Waals surface area contributed by atoms with E-state index in [1.54, 1.807) is 22.7 Å². The van der Waals surface area contributed by atoms with E-state index in [0.717, 1.165) is 19.5 Å². The maximum Gasteiger partial charge on any atom is 0.350 e. The highest BCUT2D eigenvalue weighted by molar-refractivity contribution is 7.27. The number of hydrogen-bond acceptors (Lipinski definition) is 8. The van der Waals surface area contributed by atoms with Crippen LogP contribution in [0.15, 0.2) is 70.6 Å². The van der Waals surface area contributed by atoms with Gasteiger partial charge in [0, 0.05) is 34.3 Å². The van der Waals surface area contributed by atoms with E-state index in [1.165, 1.54) is 65.1 Å². The van der Waals surface area contributed by atoms with Gasteiger partial charge in [-0.2, -0.15) is 0 Å². The maximum atomic E-state index is 9.05. The molecule has 6 nitrogen and oxygen atoms in total. The lowest BCUT2D eigenvalue weighted by Gasteiger charge is -2.21. The Labute approximate surface area is 263 Å². The third-order valence-electron chi connectivity index (χ3n) is 7.46. The number of nitriles is 2. The van der Waals surface area contributed by atoms with Crippen LogP contribution < -0.4 is 0 Å². The van der Waals surface area contributed by atoms with Crippen molar-refractivity contribution >= 4 is 87.2 Å². The van der Waals surface area contributed by atoms with Crippen molar-refractivity contribution in [3.63, 3.8) is 0 Å². The third kappa shape index (κ3) is 4.46. The number of amidine groups is 2. The summed E-state index contributed by atoms with van der Waals surface area (Å²) in [6.45, 7) is 18.7. The SMILES string of the molecule is [C-]#[N+]C(C#N)=Nc1ccc(-c2cc3cc4c(cc3s2)-c2cc3sc(-c5ccc(N=C(C#N)[N+]#[C-])s5)cc3cc2C4(C)C)s1. The second-order valence-corrected chi connectivity index (χ2v) is 14.6. The van der Waals surface area contributed by atoms with Gasteiger partial charge in [-0.15, -0.1) is 22.7 Å². The van der Waals surface area contributed by atoms with Crippen LogP contribution in [0.2, 0.25) is 0 Å². The fourth-order valence-corrected chi connectivity index (χ4v) is 9.53. The van der Waals surface area contributed by atoms with Gasteiger partial charge in [-0.25, -0.2) is 10.5 Å². The molecular weight excluding hydrogens is 609 g/mol. The zero-order valence-electron chi connectivity index (χ0n) is 22.6. The molecule has 0 aliphatic heterocycles. The molecule has 0 spiro atoms. The summed E-state index contributed by atoms with van der Waals surface area (Å²) in [5.41, 5.74) is 5.01. The second kappa shape index (κ2) is 10.1. The number of benzene rings is 2. The summed E-state index contributed by atoms with van der Waals surface area (Å²) in [6.07, 6.45) is 0. The molecule has 1 aliphatic carbocycles. The highest BCUT2D eigenvalue weighted by atomic mass is 32.1. The molecule has 4 heterocycles. The van der Waals surface area contributed by atoms with Gasteiger partial charge in [0.1, 0.15) is 12.1 Å². The van der Waals surface area contributed by atoms with Crippen molar-refractivity contribution < 1.29 is 0 Å². The predicted molar refractivity (Wildman–Crippen MR) is 180 cm³/mol. The van der Waals surface area contributed by atoms with Crippen molar-refractivity contribution in [3.8, 4) is 42.8 Å². The third-order valence-corrected chi connectivity index (χ3v) is 12.0. The fourth-order valence-electron chi connectivity index (χ4n) is 5.44. The van der Waals surface area contributed by atoms with E-state index in [0.29, 0.717) is 10.0 Å². The topological polar surface area (TPSA) is 81.0 Å². The van der Waals surface area contributed by atoms with Crippen molar-refractivity contribution in [2.24, 2.45) is 9.98 Å². The normalized spacial score (nSPS) is 13.7. The number of fused-ring (bicyclic) bond motifs is 5. The zero-order valence-corrected chi connectivity index (χ0v) is 25.9. The van der Waals surface area contributed by atoms with E-state index in [1.807, 2.05) is 36.4 Å². The van der Waals surface area contributed by atoms with Crippen molar-refractivity contribution in [1.29, 1.82) is 10.5 Å². The second-order valence-electron chi connectivity index (χ2n) is 10.3.